The Labute approximate surface area is 319 Å². The van der Waals surface area contributed by atoms with Crippen molar-refractivity contribution in [2.45, 2.75) is 63.9 Å². The number of aromatic nitrogens is 3. The number of fused-ring (bicyclic) bond motifs is 7. The van der Waals surface area contributed by atoms with Crippen LogP contribution in [0.3, 0.4) is 0 Å². The highest BCUT2D eigenvalue weighted by Gasteiger charge is 2.61. The molecular formula is C40H35Cl2N7O5. The van der Waals surface area contributed by atoms with Gasteiger partial charge in [-0.05, 0) is 35.1 Å². The number of ether oxygens (including phenoxy) is 1. The Morgan fingerprint density at radius 3 is 2.59 bits per heavy atom. The molecule has 3 aromatic heterocycles. The highest BCUT2D eigenvalue weighted by Crippen LogP contribution is 2.62. The molecule has 6 aromatic rings. The van der Waals surface area contributed by atoms with Gasteiger partial charge in [0, 0.05) is 39.7 Å². The van der Waals surface area contributed by atoms with Gasteiger partial charge in [-0.2, -0.15) is 4.98 Å². The second-order valence-electron chi connectivity index (χ2n) is 15.2. The van der Waals surface area contributed by atoms with Crippen LogP contribution >= 0.6 is 23.2 Å². The zero-order chi connectivity index (χ0) is 37.4. The third-order valence-corrected chi connectivity index (χ3v) is 11.8. The fourth-order valence-electron chi connectivity index (χ4n) is 8.53. The van der Waals surface area contributed by atoms with E-state index >= 15 is 0 Å². The number of carbonyl (C=O) groups is 2. The third kappa shape index (κ3) is 4.47. The summed E-state index contributed by atoms with van der Waals surface area (Å²) in [6, 6.07) is 15.5. The number of hydrogen-bond acceptors (Lipinski definition) is 9. The van der Waals surface area contributed by atoms with E-state index in [1.165, 1.54) is 0 Å². The minimum absolute atomic E-state index is 0.0974. The van der Waals surface area contributed by atoms with Crippen molar-refractivity contribution in [3.8, 4) is 39.8 Å². The Balaban J connectivity index is 1.30. The van der Waals surface area contributed by atoms with Crippen LogP contribution in [0.5, 0.6) is 5.75 Å². The van der Waals surface area contributed by atoms with Crippen molar-refractivity contribution in [1.29, 1.82) is 0 Å². The lowest BCUT2D eigenvalue weighted by Gasteiger charge is -2.29. The molecule has 14 heteroatoms. The number of benzene rings is 3. The molecule has 2 unspecified atom stereocenters. The third-order valence-electron chi connectivity index (χ3n) is 11.3. The van der Waals surface area contributed by atoms with Crippen LogP contribution in [0.4, 0.5) is 5.69 Å². The zero-order valence-corrected chi connectivity index (χ0v) is 31.1. The van der Waals surface area contributed by atoms with Crippen LogP contribution in [0, 0.1) is 11.8 Å². The number of amides is 2. The number of oxazole rings is 2. The quantitative estimate of drug-likeness (QED) is 0.126. The molecule has 5 atom stereocenters. The van der Waals surface area contributed by atoms with E-state index in [1.807, 2.05) is 70.2 Å². The minimum Gasteiger partial charge on any atom is -0.469 e. The number of aromatic amines is 1. The van der Waals surface area contributed by atoms with E-state index in [1.54, 1.807) is 0 Å². The van der Waals surface area contributed by atoms with Crippen molar-refractivity contribution >= 4 is 51.6 Å². The first kappa shape index (κ1) is 33.3. The summed E-state index contributed by atoms with van der Waals surface area (Å²) in [4.78, 5) is 40.7. The van der Waals surface area contributed by atoms with Gasteiger partial charge in [0.25, 0.3) is 5.89 Å². The minimum atomic E-state index is -1.12. The Morgan fingerprint density at radius 1 is 1.00 bits per heavy atom. The number of H-pyrrole nitrogens is 1. The lowest BCUT2D eigenvalue weighted by atomic mass is 9.72. The molecule has 2 amide bonds. The van der Waals surface area contributed by atoms with Crippen molar-refractivity contribution in [3.05, 3.63) is 93.2 Å². The van der Waals surface area contributed by atoms with E-state index in [9.17, 15) is 9.59 Å². The average Bonchev–Trinajstić information content (AvgIpc) is 3.94. The number of nitrogens with one attached hydrogen (secondary N) is 4. The Hall–Kier alpha value is -5.30. The second kappa shape index (κ2) is 11.6. The summed E-state index contributed by atoms with van der Waals surface area (Å²) in [6.45, 7) is 7.65. The Kier molecular flexibility index (Phi) is 7.15. The van der Waals surface area contributed by atoms with Gasteiger partial charge in [-0.25, -0.2) is 4.98 Å². The van der Waals surface area contributed by atoms with E-state index in [4.69, 9.17) is 52.5 Å². The molecule has 10 bridgehead atoms. The van der Waals surface area contributed by atoms with E-state index in [0.717, 1.165) is 44.4 Å². The van der Waals surface area contributed by atoms with Crippen LogP contribution in [0.1, 0.15) is 62.1 Å². The lowest BCUT2D eigenvalue weighted by Crippen LogP contribution is -2.54. The van der Waals surface area contributed by atoms with Gasteiger partial charge in [0.1, 0.15) is 28.4 Å². The fraction of sp³-hybridized carbons (Fsp3) is 0.300. The molecule has 10 rings (SSSR count). The first-order valence-electron chi connectivity index (χ1n) is 18.0. The first-order chi connectivity index (χ1) is 25.9. The molecule has 4 aliphatic rings. The highest BCUT2D eigenvalue weighted by molar-refractivity contribution is 6.37. The van der Waals surface area contributed by atoms with Gasteiger partial charge < -0.3 is 40.2 Å². The maximum atomic E-state index is 14.2. The molecule has 0 saturated heterocycles. The molecule has 7 heterocycles. The van der Waals surface area contributed by atoms with Crippen molar-refractivity contribution in [2.24, 2.45) is 17.6 Å². The first-order valence-corrected chi connectivity index (χ1v) is 18.8. The molecule has 6 N–H and O–H groups in total. The molecule has 0 radical (unpaired) electrons. The summed E-state index contributed by atoms with van der Waals surface area (Å²) in [5.74, 6) is 0.513. The standard InChI is InChI=1S/C40H35Cl2N7O5/c1-15(2)27(43)36(51)45-23-14-17-11-12-24-21(13-17)40-20-9-5-8-19(29(20)48-39(40)52-24)18-7-6-10-22-25(18)26(33(41)44-22)31-34(42)49-38(53-31)30-32(40)54-37(47-30)28(16(3)4)46-35(23)50/h5-13,15-16,23,27-28,39,44,48H,14,43H2,1-4H3,(H,45,51)(H,46,50)/t23-,27-,28-,39?,40?/m0/s1. The number of rotatable bonds is 4. The molecule has 12 nitrogen and oxygen atoms in total. The summed E-state index contributed by atoms with van der Waals surface area (Å²) < 4.78 is 20.4. The molecule has 1 spiro atoms. The van der Waals surface area contributed by atoms with Crippen LogP contribution in [-0.2, 0) is 21.4 Å². The predicted octanol–water partition coefficient (Wildman–Crippen LogP) is 7.08. The van der Waals surface area contributed by atoms with Crippen LogP contribution in [0.25, 0.3) is 44.9 Å². The summed E-state index contributed by atoms with van der Waals surface area (Å²) in [7, 11) is 0. The molecule has 3 aromatic carbocycles. The van der Waals surface area contributed by atoms with Crippen LogP contribution in [0.15, 0.2) is 63.4 Å². The van der Waals surface area contributed by atoms with Crippen molar-refractivity contribution in [1.82, 2.24) is 25.6 Å². The summed E-state index contributed by atoms with van der Waals surface area (Å²) in [5.41, 5.74) is 11.9. The van der Waals surface area contributed by atoms with Gasteiger partial charge in [0.15, 0.2) is 28.6 Å². The normalized spacial score (nSPS) is 22.2. The van der Waals surface area contributed by atoms with E-state index < -0.39 is 41.6 Å². The van der Waals surface area contributed by atoms with Crippen molar-refractivity contribution in [2.75, 3.05) is 5.32 Å². The van der Waals surface area contributed by atoms with Crippen LogP contribution < -0.4 is 26.4 Å². The number of para-hydroxylation sites is 1. The second-order valence-corrected chi connectivity index (χ2v) is 15.9. The number of nitrogens with zero attached hydrogens (tertiary/aromatic N) is 2. The number of carbonyl (C=O) groups excluding carboxylic acids is 2. The van der Waals surface area contributed by atoms with Gasteiger partial charge in [-0.15, -0.1) is 0 Å². The summed E-state index contributed by atoms with van der Waals surface area (Å²) in [5, 5.41) is 11.1. The molecule has 274 valence electrons. The van der Waals surface area contributed by atoms with Gasteiger partial charge >= 0.3 is 0 Å². The monoisotopic (exact) mass is 763 g/mol. The maximum Gasteiger partial charge on any atom is 0.250 e. The van der Waals surface area contributed by atoms with Crippen LogP contribution in [0.2, 0.25) is 10.3 Å². The topological polar surface area (TPSA) is 173 Å². The molecular weight excluding hydrogens is 729 g/mol. The predicted molar refractivity (Wildman–Crippen MR) is 203 cm³/mol. The number of halogens is 2. The Morgan fingerprint density at radius 2 is 1.80 bits per heavy atom. The maximum absolute atomic E-state index is 14.2. The number of nitrogens with two attached hydrogens (primary N) is 1. The molecule has 54 heavy (non-hydrogen) atoms. The van der Waals surface area contributed by atoms with Crippen molar-refractivity contribution < 1.29 is 23.2 Å². The number of anilines is 1. The van der Waals surface area contributed by atoms with Crippen LogP contribution in [-0.4, -0.2) is 45.1 Å². The summed E-state index contributed by atoms with van der Waals surface area (Å²) in [6.07, 6.45) is -0.495. The van der Waals surface area contributed by atoms with Crippen molar-refractivity contribution in [3.63, 3.8) is 0 Å². The summed E-state index contributed by atoms with van der Waals surface area (Å²) >= 11 is 13.9. The van der Waals surface area contributed by atoms with E-state index in [2.05, 4.69) is 33.1 Å². The van der Waals surface area contributed by atoms with Gasteiger partial charge in [0.05, 0.1) is 11.6 Å². The van der Waals surface area contributed by atoms with Gasteiger partial charge in [-0.3, -0.25) is 9.59 Å². The molecule has 4 aliphatic heterocycles. The van der Waals surface area contributed by atoms with Gasteiger partial charge in [-0.1, -0.05) is 93.4 Å². The molecule has 0 fully saturated rings. The zero-order valence-electron chi connectivity index (χ0n) is 29.6. The van der Waals surface area contributed by atoms with Gasteiger partial charge in [0.2, 0.25) is 17.7 Å². The molecule has 0 aliphatic carbocycles. The van der Waals surface area contributed by atoms with E-state index in [0.29, 0.717) is 27.9 Å². The fourth-order valence-corrected chi connectivity index (χ4v) is 9.02. The smallest absolute Gasteiger partial charge is 0.250 e. The largest absolute Gasteiger partial charge is 0.469 e. The Bertz CT molecular complexity index is 2590. The molecule has 0 saturated carbocycles. The average molecular weight is 765 g/mol. The lowest BCUT2D eigenvalue weighted by molar-refractivity contribution is -0.130. The number of hydrogen-bond donors (Lipinski definition) is 5. The van der Waals surface area contributed by atoms with E-state index in [-0.39, 0.29) is 41.0 Å². The highest BCUT2D eigenvalue weighted by atomic mass is 35.5. The SMILES string of the molecule is CC(C)[C@H](N)C(=O)N[C@H]1Cc2ccc3c(c2)C24c5cccc(c5NC2O3)-c2cccc3[nH]c(Cl)c(c23)-c2oc(nc2Cl)-c2nc(oc24)[C@H](C(C)C)NC1=O.